The Balaban J connectivity index is 1.79. The third-order valence-electron chi connectivity index (χ3n) is 3.86. The molecule has 0 fully saturated rings. The number of amides is 1. The topological polar surface area (TPSA) is 93.3 Å². The third kappa shape index (κ3) is 7.09. The molecule has 0 aliphatic heterocycles. The number of allylic oxidation sites excluding steroid dienone is 2. The molecule has 0 unspecified atom stereocenters. The van der Waals surface area contributed by atoms with Crippen LogP contribution in [0.25, 0.3) is 6.08 Å². The smallest absolute Gasteiger partial charge is 0.261 e. The Kier molecular flexibility index (Phi) is 7.68. The second-order valence-electron chi connectivity index (χ2n) is 6.03. The predicted octanol–water partition coefficient (Wildman–Crippen LogP) is 3.70. The average Bonchev–Trinajstić information content (AvgIpc) is 2.65. The summed E-state index contributed by atoms with van der Waals surface area (Å²) in [5.41, 5.74) is 1.82. The summed E-state index contributed by atoms with van der Waals surface area (Å²) in [4.78, 5) is 12.0. The van der Waals surface area contributed by atoms with Crippen molar-refractivity contribution in [3.05, 3.63) is 77.4 Å². The Morgan fingerprint density at radius 1 is 1.07 bits per heavy atom. The van der Waals surface area contributed by atoms with Gasteiger partial charge in [0.25, 0.3) is 5.91 Å². The molecule has 0 aromatic heterocycles. The van der Waals surface area contributed by atoms with Gasteiger partial charge in [0, 0.05) is 12.6 Å². The number of hydrogen-bond donors (Lipinski definition) is 3. The molecular weight excluding hydrogens is 340 g/mol. The first-order valence-corrected chi connectivity index (χ1v) is 8.72. The number of phenols is 2. The molecule has 138 valence electrons. The summed E-state index contributed by atoms with van der Waals surface area (Å²) in [6.07, 6.45) is 7.26. The number of hydrogen-bond acceptors (Lipinski definition) is 4. The van der Waals surface area contributed by atoms with E-state index in [1.165, 1.54) is 35.9 Å². The molecule has 2 aromatic rings. The van der Waals surface area contributed by atoms with E-state index >= 15 is 0 Å². The number of nitrogens with one attached hydrogen (secondary N) is 1. The Hall–Kier alpha value is -3.52. The first-order valence-electron chi connectivity index (χ1n) is 8.72. The quantitative estimate of drug-likeness (QED) is 0.289. The lowest BCUT2D eigenvalue weighted by atomic mass is 10.1. The summed E-state index contributed by atoms with van der Waals surface area (Å²) in [7, 11) is 0. The summed E-state index contributed by atoms with van der Waals surface area (Å²) in [5.74, 6) is -0.541. The second kappa shape index (κ2) is 10.5. The molecule has 0 aliphatic rings. The van der Waals surface area contributed by atoms with Gasteiger partial charge in [-0.05, 0) is 48.6 Å². The minimum atomic E-state index is -0.416. The van der Waals surface area contributed by atoms with Crippen LogP contribution in [0.2, 0.25) is 0 Å². The number of rotatable bonds is 8. The monoisotopic (exact) mass is 362 g/mol. The van der Waals surface area contributed by atoms with Crippen LogP contribution in [0.4, 0.5) is 0 Å². The molecule has 2 rings (SSSR count). The maximum atomic E-state index is 12.0. The molecule has 0 spiro atoms. The van der Waals surface area contributed by atoms with Gasteiger partial charge >= 0.3 is 0 Å². The summed E-state index contributed by atoms with van der Waals surface area (Å²) < 4.78 is 0. The van der Waals surface area contributed by atoms with Gasteiger partial charge in [0.1, 0.15) is 23.1 Å². The standard InChI is InChI=1S/C22H22N2O3/c23-16-19(11-6-10-18-13-20(25)15-21(26)14-18)22(27)24-12-5-4-9-17-7-2-1-3-8-17/h1-3,6-8,10-11,13-15,25-26H,4-5,9,12H2,(H,24,27). The number of phenolic OH excluding ortho intramolecular Hbond substituents is 2. The van der Waals surface area contributed by atoms with E-state index in [2.05, 4.69) is 17.4 Å². The van der Waals surface area contributed by atoms with Crippen LogP contribution in [-0.4, -0.2) is 22.7 Å². The van der Waals surface area contributed by atoms with Gasteiger partial charge in [-0.25, -0.2) is 0 Å². The zero-order chi connectivity index (χ0) is 19.5. The molecule has 0 atom stereocenters. The minimum Gasteiger partial charge on any atom is -0.508 e. The van der Waals surface area contributed by atoms with Gasteiger partial charge in [-0.2, -0.15) is 5.26 Å². The van der Waals surface area contributed by atoms with Crippen molar-refractivity contribution in [1.29, 1.82) is 5.26 Å². The van der Waals surface area contributed by atoms with Crippen LogP contribution in [-0.2, 0) is 11.2 Å². The van der Waals surface area contributed by atoms with E-state index < -0.39 is 5.91 Å². The Morgan fingerprint density at radius 2 is 1.78 bits per heavy atom. The Labute approximate surface area is 158 Å². The van der Waals surface area contributed by atoms with E-state index in [0.29, 0.717) is 12.1 Å². The van der Waals surface area contributed by atoms with Gasteiger partial charge < -0.3 is 15.5 Å². The summed E-state index contributed by atoms with van der Waals surface area (Å²) in [5, 5.41) is 30.7. The van der Waals surface area contributed by atoms with E-state index in [1.54, 1.807) is 6.08 Å². The molecule has 5 nitrogen and oxygen atoms in total. The highest BCUT2D eigenvalue weighted by Crippen LogP contribution is 2.21. The first-order chi connectivity index (χ1) is 13.1. The molecule has 0 radical (unpaired) electrons. The van der Waals surface area contributed by atoms with E-state index in [1.807, 2.05) is 24.3 Å². The molecule has 2 aromatic carbocycles. The van der Waals surface area contributed by atoms with Crippen LogP contribution in [0.5, 0.6) is 11.5 Å². The number of benzene rings is 2. The number of nitriles is 1. The molecule has 1 amide bonds. The molecule has 0 saturated carbocycles. The van der Waals surface area contributed by atoms with E-state index in [4.69, 9.17) is 5.26 Å². The van der Waals surface area contributed by atoms with Gasteiger partial charge in [-0.15, -0.1) is 0 Å². The van der Waals surface area contributed by atoms with Crippen LogP contribution in [0.3, 0.4) is 0 Å². The highest BCUT2D eigenvalue weighted by molar-refractivity contribution is 5.97. The van der Waals surface area contributed by atoms with Crippen molar-refractivity contribution in [2.75, 3.05) is 6.54 Å². The largest absolute Gasteiger partial charge is 0.508 e. The van der Waals surface area contributed by atoms with Crippen molar-refractivity contribution in [1.82, 2.24) is 5.32 Å². The number of carbonyl (C=O) groups is 1. The maximum Gasteiger partial charge on any atom is 0.261 e. The average molecular weight is 362 g/mol. The number of aromatic hydroxyl groups is 2. The molecular formula is C22H22N2O3. The molecule has 0 aliphatic carbocycles. The fourth-order valence-electron chi connectivity index (χ4n) is 2.53. The molecule has 0 saturated heterocycles. The van der Waals surface area contributed by atoms with Gasteiger partial charge in [-0.1, -0.05) is 42.5 Å². The zero-order valence-electron chi connectivity index (χ0n) is 14.9. The van der Waals surface area contributed by atoms with Crippen molar-refractivity contribution >= 4 is 12.0 Å². The molecule has 0 bridgehead atoms. The lowest BCUT2D eigenvalue weighted by molar-refractivity contribution is -0.117. The highest BCUT2D eigenvalue weighted by Gasteiger charge is 2.06. The van der Waals surface area contributed by atoms with E-state index in [0.717, 1.165) is 19.3 Å². The van der Waals surface area contributed by atoms with Gasteiger partial charge in [0.2, 0.25) is 0 Å². The lowest BCUT2D eigenvalue weighted by Crippen LogP contribution is -2.25. The van der Waals surface area contributed by atoms with Crippen LogP contribution in [0, 0.1) is 11.3 Å². The highest BCUT2D eigenvalue weighted by atomic mass is 16.3. The Morgan fingerprint density at radius 3 is 2.44 bits per heavy atom. The van der Waals surface area contributed by atoms with Crippen molar-refractivity contribution in [2.45, 2.75) is 19.3 Å². The minimum absolute atomic E-state index is 0.00122. The number of carbonyl (C=O) groups excluding carboxylic acids is 1. The third-order valence-corrected chi connectivity index (χ3v) is 3.86. The summed E-state index contributed by atoms with van der Waals surface area (Å²) in [6, 6.07) is 16.2. The van der Waals surface area contributed by atoms with E-state index in [9.17, 15) is 15.0 Å². The number of aryl methyl sites for hydroxylation is 1. The fraction of sp³-hybridized carbons (Fsp3) is 0.182. The van der Waals surface area contributed by atoms with Gasteiger partial charge in [0.05, 0.1) is 0 Å². The maximum absolute atomic E-state index is 12.0. The zero-order valence-corrected chi connectivity index (χ0v) is 14.9. The Bertz CT molecular complexity index is 845. The number of nitrogens with zero attached hydrogens (tertiary/aromatic N) is 1. The van der Waals surface area contributed by atoms with Gasteiger partial charge in [0.15, 0.2) is 0 Å². The molecule has 3 N–H and O–H groups in total. The normalized spacial score (nSPS) is 11.3. The SMILES string of the molecule is N#CC(=CC=Cc1cc(O)cc(O)c1)C(=O)NCCCCc1ccccc1. The second-order valence-corrected chi connectivity index (χ2v) is 6.03. The molecule has 5 heteroatoms. The molecule has 0 heterocycles. The van der Waals surface area contributed by atoms with Crippen LogP contribution >= 0.6 is 0 Å². The van der Waals surface area contributed by atoms with Gasteiger partial charge in [-0.3, -0.25) is 4.79 Å². The molecule has 27 heavy (non-hydrogen) atoms. The van der Waals surface area contributed by atoms with Crippen molar-refractivity contribution < 1.29 is 15.0 Å². The number of unbranched alkanes of at least 4 members (excludes halogenated alkanes) is 1. The first kappa shape index (κ1) is 19.8. The van der Waals surface area contributed by atoms with Crippen molar-refractivity contribution in [3.63, 3.8) is 0 Å². The van der Waals surface area contributed by atoms with Crippen LogP contribution in [0.1, 0.15) is 24.0 Å². The van der Waals surface area contributed by atoms with Crippen LogP contribution < -0.4 is 5.32 Å². The van der Waals surface area contributed by atoms with E-state index in [-0.39, 0.29) is 17.1 Å². The fourth-order valence-corrected chi connectivity index (χ4v) is 2.53. The summed E-state index contributed by atoms with van der Waals surface area (Å²) in [6.45, 7) is 0.509. The lowest BCUT2D eigenvalue weighted by Gasteiger charge is -2.04. The summed E-state index contributed by atoms with van der Waals surface area (Å²) >= 11 is 0. The van der Waals surface area contributed by atoms with Crippen LogP contribution in [0.15, 0.2) is 66.3 Å². The predicted molar refractivity (Wildman–Crippen MR) is 105 cm³/mol. The van der Waals surface area contributed by atoms with Crippen molar-refractivity contribution in [2.24, 2.45) is 0 Å². The van der Waals surface area contributed by atoms with Crippen molar-refractivity contribution in [3.8, 4) is 17.6 Å².